The van der Waals surface area contributed by atoms with Crippen LogP contribution in [-0.4, -0.2) is 15.9 Å². The highest BCUT2D eigenvalue weighted by Gasteiger charge is 2.10. The molecule has 0 fully saturated rings. The van der Waals surface area contributed by atoms with Gasteiger partial charge >= 0.3 is 0 Å². The van der Waals surface area contributed by atoms with Gasteiger partial charge in [-0.2, -0.15) is 0 Å². The summed E-state index contributed by atoms with van der Waals surface area (Å²) >= 11 is 1.71. The van der Waals surface area contributed by atoms with E-state index in [0.717, 1.165) is 39.7 Å². The number of hydrogen-bond acceptors (Lipinski definition) is 5. The zero-order valence-corrected chi connectivity index (χ0v) is 14.1. The lowest BCUT2D eigenvalue weighted by Crippen LogP contribution is -2.05. The van der Waals surface area contributed by atoms with Crippen molar-refractivity contribution in [2.24, 2.45) is 0 Å². The summed E-state index contributed by atoms with van der Waals surface area (Å²) in [6.07, 6.45) is 0.991. The van der Waals surface area contributed by atoms with E-state index in [4.69, 9.17) is 0 Å². The van der Waals surface area contributed by atoms with Gasteiger partial charge in [-0.15, -0.1) is 11.3 Å². The number of carbonyl (C=O) groups excluding carboxylic acids is 1. The molecule has 0 aliphatic rings. The van der Waals surface area contributed by atoms with Gasteiger partial charge in [-0.1, -0.05) is 6.92 Å². The lowest BCUT2D eigenvalue weighted by Gasteiger charge is -2.09. The van der Waals surface area contributed by atoms with Crippen molar-refractivity contribution in [3.8, 4) is 0 Å². The zero-order valence-electron chi connectivity index (χ0n) is 13.3. The summed E-state index contributed by atoms with van der Waals surface area (Å²) < 4.78 is 0. The molecule has 0 radical (unpaired) electrons. The Morgan fingerprint density at radius 3 is 2.52 bits per heavy atom. The number of carbonyl (C=O) groups is 1. The van der Waals surface area contributed by atoms with Crippen molar-refractivity contribution in [3.05, 3.63) is 41.0 Å². The van der Waals surface area contributed by atoms with Crippen LogP contribution in [0.15, 0.2) is 30.3 Å². The number of amides is 1. The predicted octanol–water partition coefficient (Wildman–Crippen LogP) is 4.26. The van der Waals surface area contributed by atoms with Gasteiger partial charge in [0.15, 0.2) is 0 Å². The molecule has 0 unspecified atom stereocenters. The lowest BCUT2D eigenvalue weighted by atomic mass is 10.2. The van der Waals surface area contributed by atoms with Crippen LogP contribution >= 0.6 is 11.3 Å². The smallest absolute Gasteiger partial charge is 0.221 e. The van der Waals surface area contributed by atoms with Gasteiger partial charge in [0.25, 0.3) is 0 Å². The van der Waals surface area contributed by atoms with Crippen molar-refractivity contribution in [2.75, 3.05) is 10.6 Å². The summed E-state index contributed by atoms with van der Waals surface area (Å²) in [5, 5.41) is 7.15. The number of nitrogens with zero attached hydrogens (tertiary/aromatic N) is 2. The molecule has 2 N–H and O–H groups in total. The number of nitrogens with one attached hydrogen (secondary N) is 2. The minimum absolute atomic E-state index is 0.0794. The molecule has 118 valence electrons. The van der Waals surface area contributed by atoms with Gasteiger partial charge in [0.1, 0.15) is 16.5 Å². The van der Waals surface area contributed by atoms with Crippen LogP contribution in [0, 0.1) is 6.92 Å². The summed E-state index contributed by atoms with van der Waals surface area (Å²) in [4.78, 5) is 22.4. The summed E-state index contributed by atoms with van der Waals surface area (Å²) in [5.74, 6) is 1.49. The molecule has 3 aromatic rings. The Kier molecular flexibility index (Phi) is 4.25. The molecule has 0 saturated heterocycles. The fourth-order valence-electron chi connectivity index (χ4n) is 2.32. The second-order valence-electron chi connectivity index (χ2n) is 5.29. The molecule has 3 rings (SSSR count). The van der Waals surface area contributed by atoms with Gasteiger partial charge in [-0.3, -0.25) is 4.79 Å². The molecule has 2 aromatic heterocycles. The van der Waals surface area contributed by atoms with Crippen LogP contribution in [0.4, 0.5) is 17.2 Å². The second-order valence-corrected chi connectivity index (χ2v) is 6.40. The number of benzene rings is 1. The van der Waals surface area contributed by atoms with Gasteiger partial charge in [0, 0.05) is 23.2 Å². The maximum absolute atomic E-state index is 11.1. The van der Waals surface area contributed by atoms with E-state index < -0.39 is 0 Å². The monoisotopic (exact) mass is 326 g/mol. The predicted molar refractivity (Wildman–Crippen MR) is 95.6 cm³/mol. The summed E-state index contributed by atoms with van der Waals surface area (Å²) in [6.45, 7) is 5.53. The van der Waals surface area contributed by atoms with Crippen molar-refractivity contribution >= 4 is 44.7 Å². The topological polar surface area (TPSA) is 66.9 Å². The first-order chi connectivity index (χ1) is 11.0. The largest absolute Gasteiger partial charge is 0.340 e. The standard InChI is InChI=1S/C17H18N4OS/c1-4-14-9-15-16(18-10(2)19-17(15)23-14)21-13-7-5-12(6-8-13)20-11(3)22/h5-9H,4H2,1-3H3,(H,20,22)(H,18,19,21). The highest BCUT2D eigenvalue weighted by atomic mass is 32.1. The van der Waals surface area contributed by atoms with Gasteiger partial charge in [-0.05, 0) is 43.7 Å². The average Bonchev–Trinajstić information content (AvgIpc) is 2.92. The first-order valence-corrected chi connectivity index (χ1v) is 8.28. The molecule has 2 heterocycles. The van der Waals surface area contributed by atoms with E-state index in [0.29, 0.717) is 0 Å². The third-order valence-corrected chi connectivity index (χ3v) is 4.55. The minimum atomic E-state index is -0.0794. The van der Waals surface area contributed by atoms with E-state index in [-0.39, 0.29) is 5.91 Å². The first-order valence-electron chi connectivity index (χ1n) is 7.47. The molecule has 1 amide bonds. The van der Waals surface area contributed by atoms with Crippen LogP contribution in [0.1, 0.15) is 24.5 Å². The SMILES string of the molecule is CCc1cc2c(Nc3ccc(NC(C)=O)cc3)nc(C)nc2s1. The lowest BCUT2D eigenvalue weighted by molar-refractivity contribution is -0.114. The molecular weight excluding hydrogens is 308 g/mol. The van der Waals surface area contributed by atoms with Crippen molar-refractivity contribution in [1.82, 2.24) is 9.97 Å². The van der Waals surface area contributed by atoms with Crippen molar-refractivity contribution in [2.45, 2.75) is 27.2 Å². The van der Waals surface area contributed by atoms with E-state index >= 15 is 0 Å². The Morgan fingerprint density at radius 1 is 1.17 bits per heavy atom. The van der Waals surface area contributed by atoms with Gasteiger partial charge in [-0.25, -0.2) is 9.97 Å². The Morgan fingerprint density at radius 2 is 1.87 bits per heavy atom. The van der Waals surface area contributed by atoms with Gasteiger partial charge in [0.2, 0.25) is 5.91 Å². The van der Waals surface area contributed by atoms with Crippen LogP contribution in [-0.2, 0) is 11.2 Å². The summed E-state index contributed by atoms with van der Waals surface area (Å²) in [6, 6.07) is 9.71. The van der Waals surface area contributed by atoms with Crippen molar-refractivity contribution in [1.29, 1.82) is 0 Å². The third-order valence-electron chi connectivity index (χ3n) is 3.37. The fourth-order valence-corrected chi connectivity index (χ4v) is 3.34. The molecule has 0 aliphatic heterocycles. The van der Waals surface area contributed by atoms with Crippen LogP contribution < -0.4 is 10.6 Å². The number of rotatable bonds is 4. The summed E-state index contributed by atoms with van der Waals surface area (Å²) in [5.41, 5.74) is 1.69. The van der Waals surface area contributed by atoms with E-state index in [1.54, 1.807) is 11.3 Å². The number of aryl methyl sites for hydroxylation is 2. The maximum atomic E-state index is 11.1. The molecule has 5 nitrogen and oxygen atoms in total. The van der Waals surface area contributed by atoms with Gasteiger partial charge in [0.05, 0.1) is 5.39 Å². The van der Waals surface area contributed by atoms with E-state index in [2.05, 4.69) is 33.6 Å². The van der Waals surface area contributed by atoms with Crippen molar-refractivity contribution < 1.29 is 4.79 Å². The van der Waals surface area contributed by atoms with Crippen LogP contribution in [0.3, 0.4) is 0 Å². The number of anilines is 3. The van der Waals surface area contributed by atoms with E-state index in [1.807, 2.05) is 31.2 Å². The second kappa shape index (κ2) is 6.34. The first kappa shape index (κ1) is 15.4. The summed E-state index contributed by atoms with van der Waals surface area (Å²) in [7, 11) is 0. The quantitative estimate of drug-likeness (QED) is 0.751. The minimum Gasteiger partial charge on any atom is -0.340 e. The normalized spacial score (nSPS) is 10.7. The molecule has 0 atom stereocenters. The van der Waals surface area contributed by atoms with E-state index in [9.17, 15) is 4.79 Å². The number of thiophene rings is 1. The number of aromatic nitrogens is 2. The fraction of sp³-hybridized carbons (Fsp3) is 0.235. The van der Waals surface area contributed by atoms with E-state index in [1.165, 1.54) is 11.8 Å². The van der Waals surface area contributed by atoms with Gasteiger partial charge < -0.3 is 10.6 Å². The molecule has 1 aromatic carbocycles. The van der Waals surface area contributed by atoms with Crippen LogP contribution in [0.5, 0.6) is 0 Å². The molecule has 0 spiro atoms. The van der Waals surface area contributed by atoms with Crippen LogP contribution in [0.25, 0.3) is 10.2 Å². The molecule has 0 aliphatic carbocycles. The zero-order chi connectivity index (χ0) is 16.4. The van der Waals surface area contributed by atoms with Crippen LogP contribution in [0.2, 0.25) is 0 Å². The highest BCUT2D eigenvalue weighted by molar-refractivity contribution is 7.18. The highest BCUT2D eigenvalue weighted by Crippen LogP contribution is 2.31. The van der Waals surface area contributed by atoms with Crippen molar-refractivity contribution in [3.63, 3.8) is 0 Å². The Bertz CT molecular complexity index is 855. The molecule has 0 bridgehead atoms. The maximum Gasteiger partial charge on any atom is 0.221 e. The Hall–Kier alpha value is -2.47. The molecular formula is C17H18N4OS. The molecule has 23 heavy (non-hydrogen) atoms. The molecule has 6 heteroatoms. The Balaban J connectivity index is 1.91. The Labute approximate surface area is 138 Å². The average molecular weight is 326 g/mol. The number of fused-ring (bicyclic) bond motifs is 1. The number of hydrogen-bond donors (Lipinski definition) is 2. The molecule has 0 saturated carbocycles. The third kappa shape index (κ3) is 3.48.